The van der Waals surface area contributed by atoms with E-state index in [1.165, 1.54) is 43.4 Å². The fourth-order valence-electron chi connectivity index (χ4n) is 2.63. The average molecular weight is 303 g/mol. The molecule has 0 spiro atoms. The van der Waals surface area contributed by atoms with E-state index in [2.05, 4.69) is 17.2 Å². The Morgan fingerprint density at radius 2 is 2.21 bits per heavy atom. The summed E-state index contributed by atoms with van der Waals surface area (Å²) >= 11 is 7.39. The molecule has 1 fully saturated rings. The number of aromatic nitrogens is 1. The van der Waals surface area contributed by atoms with Crippen molar-refractivity contribution in [3.8, 4) is 0 Å². The van der Waals surface area contributed by atoms with Crippen LogP contribution in [0.1, 0.15) is 64.2 Å². The van der Waals surface area contributed by atoms with E-state index in [0.29, 0.717) is 10.5 Å². The van der Waals surface area contributed by atoms with Crippen molar-refractivity contribution in [2.24, 2.45) is 5.92 Å². The standard InChI is InChI=1S/C13H21ClN2S.C2H6/c1-2-3-4-10-5-6-11(7-10)15-8-12-9-16-13(14)17-12;1-2/h9-11,15H,2-8H2,1H3;1-2H3/t10-,11+;/m1./s1. The number of hydrogen-bond donors (Lipinski definition) is 1. The van der Waals surface area contributed by atoms with Crippen LogP contribution < -0.4 is 5.32 Å². The minimum atomic E-state index is 0.647. The molecule has 0 aliphatic heterocycles. The van der Waals surface area contributed by atoms with E-state index in [4.69, 9.17) is 11.6 Å². The summed E-state index contributed by atoms with van der Waals surface area (Å²) in [5, 5.41) is 3.63. The minimum Gasteiger partial charge on any atom is -0.309 e. The van der Waals surface area contributed by atoms with Crippen molar-refractivity contribution in [1.29, 1.82) is 0 Å². The molecule has 0 radical (unpaired) electrons. The van der Waals surface area contributed by atoms with Crippen LogP contribution in [0.5, 0.6) is 0 Å². The molecule has 4 heteroatoms. The van der Waals surface area contributed by atoms with Crippen LogP contribution in [0.4, 0.5) is 0 Å². The lowest BCUT2D eigenvalue weighted by Gasteiger charge is -2.12. The van der Waals surface area contributed by atoms with Crippen molar-refractivity contribution in [1.82, 2.24) is 10.3 Å². The first-order valence-electron chi connectivity index (χ1n) is 7.61. The van der Waals surface area contributed by atoms with Gasteiger partial charge in [0.25, 0.3) is 0 Å². The van der Waals surface area contributed by atoms with Gasteiger partial charge in [0, 0.05) is 23.7 Å². The maximum Gasteiger partial charge on any atom is 0.183 e. The fourth-order valence-corrected chi connectivity index (χ4v) is 3.55. The first-order valence-corrected chi connectivity index (χ1v) is 8.81. The molecule has 1 aromatic heterocycles. The fraction of sp³-hybridized carbons (Fsp3) is 0.800. The molecule has 1 saturated carbocycles. The number of rotatable bonds is 6. The van der Waals surface area contributed by atoms with Gasteiger partial charge in [0.2, 0.25) is 0 Å². The number of nitrogens with zero attached hydrogens (tertiary/aromatic N) is 1. The lowest BCUT2D eigenvalue weighted by atomic mass is 10.0. The largest absolute Gasteiger partial charge is 0.309 e. The Bertz CT molecular complexity index is 341. The molecule has 2 nitrogen and oxygen atoms in total. The average Bonchev–Trinajstić information content (AvgIpc) is 3.05. The van der Waals surface area contributed by atoms with Gasteiger partial charge in [0.1, 0.15) is 0 Å². The van der Waals surface area contributed by atoms with Gasteiger partial charge in [-0.2, -0.15) is 0 Å². The highest BCUT2D eigenvalue weighted by Crippen LogP contribution is 2.30. The molecule has 2 atom stereocenters. The number of thiazole rings is 1. The molecule has 1 aromatic rings. The smallest absolute Gasteiger partial charge is 0.183 e. The molecule has 2 rings (SSSR count). The van der Waals surface area contributed by atoms with E-state index in [9.17, 15) is 0 Å². The molecule has 0 aromatic carbocycles. The number of nitrogens with one attached hydrogen (secondary N) is 1. The van der Waals surface area contributed by atoms with Crippen molar-refractivity contribution in [3.63, 3.8) is 0 Å². The molecular formula is C15H27ClN2S. The Balaban J connectivity index is 0.000000861. The van der Waals surface area contributed by atoms with Crippen LogP contribution in [-0.4, -0.2) is 11.0 Å². The zero-order chi connectivity index (χ0) is 14.1. The second-order valence-corrected chi connectivity index (χ2v) is 6.68. The molecule has 0 unspecified atom stereocenters. The first-order chi connectivity index (χ1) is 9.28. The van der Waals surface area contributed by atoms with Crippen molar-refractivity contribution in [2.45, 2.75) is 71.9 Å². The van der Waals surface area contributed by atoms with E-state index in [1.807, 2.05) is 20.0 Å². The molecule has 1 aliphatic rings. The predicted molar refractivity (Wildman–Crippen MR) is 86.0 cm³/mol. The van der Waals surface area contributed by atoms with Crippen molar-refractivity contribution in [2.75, 3.05) is 0 Å². The van der Waals surface area contributed by atoms with Crippen molar-refractivity contribution >= 4 is 22.9 Å². The highest BCUT2D eigenvalue weighted by atomic mass is 35.5. The second-order valence-electron chi connectivity index (χ2n) is 4.98. The monoisotopic (exact) mass is 302 g/mol. The highest BCUT2D eigenvalue weighted by Gasteiger charge is 2.23. The Kier molecular flexibility index (Phi) is 8.67. The van der Waals surface area contributed by atoms with Gasteiger partial charge in [-0.1, -0.05) is 51.6 Å². The third-order valence-corrected chi connectivity index (χ3v) is 4.71. The van der Waals surface area contributed by atoms with Crippen molar-refractivity contribution < 1.29 is 0 Å². The predicted octanol–water partition coefficient (Wildman–Crippen LogP) is 5.27. The molecule has 19 heavy (non-hydrogen) atoms. The molecule has 1 heterocycles. The molecule has 0 amide bonds. The zero-order valence-electron chi connectivity index (χ0n) is 12.4. The zero-order valence-corrected chi connectivity index (χ0v) is 14.0. The molecule has 0 bridgehead atoms. The summed E-state index contributed by atoms with van der Waals surface area (Å²) in [4.78, 5) is 5.30. The molecule has 110 valence electrons. The summed E-state index contributed by atoms with van der Waals surface area (Å²) in [5.41, 5.74) is 0. The molecule has 1 N–H and O–H groups in total. The molecule has 0 saturated heterocycles. The summed E-state index contributed by atoms with van der Waals surface area (Å²) in [6, 6.07) is 0.706. The van der Waals surface area contributed by atoms with Crippen LogP contribution in [-0.2, 0) is 6.54 Å². The van der Waals surface area contributed by atoms with Crippen LogP contribution in [0.25, 0.3) is 0 Å². The van der Waals surface area contributed by atoms with Crippen molar-refractivity contribution in [3.05, 3.63) is 15.5 Å². The van der Waals surface area contributed by atoms with E-state index >= 15 is 0 Å². The molecular weight excluding hydrogens is 276 g/mol. The van der Waals surface area contributed by atoms with Gasteiger partial charge in [-0.15, -0.1) is 11.3 Å². The van der Waals surface area contributed by atoms with Crippen LogP contribution in [0.3, 0.4) is 0 Å². The minimum absolute atomic E-state index is 0.647. The van der Waals surface area contributed by atoms with Gasteiger partial charge in [-0.25, -0.2) is 4.98 Å². The lowest BCUT2D eigenvalue weighted by Crippen LogP contribution is -2.25. The molecule has 1 aliphatic carbocycles. The number of halogens is 1. The van der Waals surface area contributed by atoms with Gasteiger partial charge in [-0.3, -0.25) is 0 Å². The third-order valence-electron chi connectivity index (χ3n) is 3.60. The summed E-state index contributed by atoms with van der Waals surface area (Å²) < 4.78 is 0.647. The third kappa shape index (κ3) is 6.24. The van der Waals surface area contributed by atoms with Gasteiger partial charge in [-0.05, 0) is 25.2 Å². The quantitative estimate of drug-likeness (QED) is 0.774. The Morgan fingerprint density at radius 3 is 2.84 bits per heavy atom. The Labute approximate surface area is 127 Å². The normalized spacial score (nSPS) is 22.1. The van der Waals surface area contributed by atoms with E-state index in [-0.39, 0.29) is 0 Å². The lowest BCUT2D eigenvalue weighted by molar-refractivity contribution is 0.450. The Hall–Kier alpha value is -0.120. The summed E-state index contributed by atoms with van der Waals surface area (Å²) in [6.45, 7) is 7.20. The van der Waals surface area contributed by atoms with Crippen LogP contribution >= 0.6 is 22.9 Å². The van der Waals surface area contributed by atoms with Gasteiger partial charge < -0.3 is 5.32 Å². The van der Waals surface area contributed by atoms with Crippen LogP contribution in [0.15, 0.2) is 6.20 Å². The Morgan fingerprint density at radius 1 is 1.42 bits per heavy atom. The van der Waals surface area contributed by atoms with E-state index in [0.717, 1.165) is 12.5 Å². The number of unbranched alkanes of at least 4 members (excludes halogenated alkanes) is 1. The second kappa shape index (κ2) is 9.73. The summed E-state index contributed by atoms with van der Waals surface area (Å²) in [5.74, 6) is 0.956. The maximum absolute atomic E-state index is 5.82. The van der Waals surface area contributed by atoms with Crippen LogP contribution in [0, 0.1) is 5.92 Å². The summed E-state index contributed by atoms with van der Waals surface area (Å²) in [6.07, 6.45) is 10.1. The van der Waals surface area contributed by atoms with Gasteiger partial charge in [0.05, 0.1) is 0 Å². The summed E-state index contributed by atoms with van der Waals surface area (Å²) in [7, 11) is 0. The SMILES string of the molecule is CC.CCCC[C@@H]1CC[C@H](NCc2cnc(Cl)s2)C1. The van der Waals surface area contributed by atoms with E-state index < -0.39 is 0 Å². The first kappa shape index (κ1) is 16.9. The van der Waals surface area contributed by atoms with Gasteiger partial charge >= 0.3 is 0 Å². The van der Waals surface area contributed by atoms with Gasteiger partial charge in [0.15, 0.2) is 4.47 Å². The van der Waals surface area contributed by atoms with Crippen LogP contribution in [0.2, 0.25) is 4.47 Å². The topological polar surface area (TPSA) is 24.9 Å². The van der Waals surface area contributed by atoms with E-state index in [1.54, 1.807) is 11.3 Å². The maximum atomic E-state index is 5.82. The number of hydrogen-bond acceptors (Lipinski definition) is 3. The highest BCUT2D eigenvalue weighted by molar-refractivity contribution is 7.15.